The van der Waals surface area contributed by atoms with Crippen LogP contribution in [0.15, 0.2) is 65.8 Å². The van der Waals surface area contributed by atoms with Crippen LogP contribution in [0.2, 0.25) is 0 Å². The van der Waals surface area contributed by atoms with E-state index in [1.165, 1.54) is 18.2 Å². The highest BCUT2D eigenvalue weighted by molar-refractivity contribution is 7.92. The van der Waals surface area contributed by atoms with Crippen molar-refractivity contribution in [2.45, 2.75) is 45.1 Å². The molecule has 2 aromatic heterocycles. The van der Waals surface area contributed by atoms with Gasteiger partial charge in [-0.25, -0.2) is 22.9 Å². The number of aromatic carboxylic acids is 1. The molecule has 0 radical (unpaired) electrons. The number of benzene rings is 2. The molecule has 0 saturated carbocycles. The summed E-state index contributed by atoms with van der Waals surface area (Å²) < 4.78 is 36.7. The number of carboxylic acid groups (broad SMARTS) is 1. The minimum atomic E-state index is -4.21. The third-order valence-corrected chi connectivity index (χ3v) is 7.65. The number of sulfonamides is 1. The van der Waals surface area contributed by atoms with Crippen LogP contribution >= 0.6 is 0 Å². The minimum absolute atomic E-state index is 0.0725. The molecular weight excluding hydrogens is 544 g/mol. The fraction of sp³-hybridized carbons (Fsp3) is 0.310. The summed E-state index contributed by atoms with van der Waals surface area (Å²) in [6, 6.07) is 12.5. The van der Waals surface area contributed by atoms with Gasteiger partial charge in [-0.15, -0.1) is 0 Å². The lowest BCUT2D eigenvalue weighted by Gasteiger charge is -2.21. The first-order valence-electron chi connectivity index (χ1n) is 13.1. The lowest BCUT2D eigenvalue weighted by molar-refractivity contribution is 0.0696. The standard InChI is InChI=1S/C29H34N6O5S/c1-18(2)12-22(31-23-15-30-35(5)16-23)17-40-26-14-25(27-19(3)8-6-9-20(27)4)32-29(33-26)34-41(38,39)24-11-7-10-21(13-24)28(36)37/h6-11,13-16,18,22,31H,12,17H2,1-5H3,(H,36,37)(H,32,33,34). The fourth-order valence-electron chi connectivity index (χ4n) is 4.52. The van der Waals surface area contributed by atoms with Gasteiger partial charge in [-0.2, -0.15) is 10.1 Å². The van der Waals surface area contributed by atoms with Crippen molar-refractivity contribution < 1.29 is 23.1 Å². The molecule has 4 rings (SSSR count). The van der Waals surface area contributed by atoms with Crippen LogP contribution in [0.5, 0.6) is 5.88 Å². The quantitative estimate of drug-likeness (QED) is 0.213. The molecule has 0 spiro atoms. The van der Waals surface area contributed by atoms with E-state index in [2.05, 4.69) is 39.0 Å². The largest absolute Gasteiger partial charge is 0.478 e. The van der Waals surface area contributed by atoms with E-state index in [-0.39, 0.29) is 34.9 Å². The Kier molecular flexibility index (Phi) is 8.92. The summed E-state index contributed by atoms with van der Waals surface area (Å²) in [4.78, 5) is 20.0. The first-order chi connectivity index (χ1) is 19.4. The smallest absolute Gasteiger partial charge is 0.335 e. The Bertz CT molecular complexity index is 1630. The van der Waals surface area contributed by atoms with Gasteiger partial charge in [0, 0.05) is 24.9 Å². The molecule has 41 heavy (non-hydrogen) atoms. The number of hydrogen-bond acceptors (Lipinski definition) is 8. The second kappa shape index (κ2) is 12.4. The Morgan fingerprint density at radius 1 is 1.07 bits per heavy atom. The topological polar surface area (TPSA) is 148 Å². The van der Waals surface area contributed by atoms with Gasteiger partial charge in [-0.1, -0.05) is 38.1 Å². The van der Waals surface area contributed by atoms with Gasteiger partial charge in [-0.3, -0.25) is 4.68 Å². The monoisotopic (exact) mass is 578 g/mol. The number of aromatic nitrogens is 4. The molecule has 0 saturated heterocycles. The van der Waals surface area contributed by atoms with Crippen molar-refractivity contribution in [2.24, 2.45) is 13.0 Å². The molecule has 0 aliphatic carbocycles. The fourth-order valence-corrected chi connectivity index (χ4v) is 5.51. The lowest BCUT2D eigenvalue weighted by Crippen LogP contribution is -2.29. The molecule has 216 valence electrons. The van der Waals surface area contributed by atoms with Crippen molar-refractivity contribution in [3.8, 4) is 17.1 Å². The van der Waals surface area contributed by atoms with Crippen molar-refractivity contribution in [1.82, 2.24) is 19.7 Å². The Labute approximate surface area is 239 Å². The number of nitrogens with one attached hydrogen (secondary N) is 2. The van der Waals surface area contributed by atoms with Crippen LogP contribution in [0.25, 0.3) is 11.3 Å². The molecule has 3 N–H and O–H groups in total. The third-order valence-electron chi connectivity index (χ3n) is 6.32. The number of carbonyl (C=O) groups is 1. The lowest BCUT2D eigenvalue weighted by atomic mass is 10.00. The van der Waals surface area contributed by atoms with Crippen molar-refractivity contribution in [3.05, 3.63) is 77.6 Å². The number of nitrogens with zero attached hydrogens (tertiary/aromatic N) is 4. The normalized spacial score (nSPS) is 12.2. The molecule has 0 aliphatic heterocycles. The molecule has 4 aromatic rings. The Morgan fingerprint density at radius 3 is 2.41 bits per heavy atom. The second-order valence-electron chi connectivity index (χ2n) is 10.3. The van der Waals surface area contributed by atoms with E-state index in [4.69, 9.17) is 4.74 Å². The zero-order chi connectivity index (χ0) is 29.7. The summed E-state index contributed by atoms with van der Waals surface area (Å²) in [6.07, 6.45) is 4.43. The summed E-state index contributed by atoms with van der Waals surface area (Å²) in [5, 5.41) is 17.0. The number of hydrogen-bond donors (Lipinski definition) is 3. The molecule has 0 amide bonds. The van der Waals surface area contributed by atoms with Gasteiger partial charge < -0.3 is 15.2 Å². The maximum Gasteiger partial charge on any atom is 0.335 e. The molecule has 2 heterocycles. The zero-order valence-corrected chi connectivity index (χ0v) is 24.4. The van der Waals surface area contributed by atoms with Gasteiger partial charge in [-0.05, 0) is 55.5 Å². The number of carboxylic acids is 1. The van der Waals surface area contributed by atoms with Crippen molar-refractivity contribution >= 4 is 27.6 Å². The Hall–Kier alpha value is -4.45. The first-order valence-corrected chi connectivity index (χ1v) is 14.6. The van der Waals surface area contributed by atoms with Crippen LogP contribution in [-0.4, -0.2) is 51.9 Å². The van der Waals surface area contributed by atoms with Gasteiger partial charge >= 0.3 is 5.97 Å². The van der Waals surface area contributed by atoms with E-state index in [1.807, 2.05) is 45.3 Å². The summed E-state index contributed by atoms with van der Waals surface area (Å²) in [7, 11) is -2.36. The molecule has 0 fully saturated rings. The van der Waals surface area contributed by atoms with Crippen LogP contribution in [0, 0.1) is 19.8 Å². The minimum Gasteiger partial charge on any atom is -0.478 e. The number of anilines is 2. The molecule has 12 heteroatoms. The number of rotatable bonds is 12. The van der Waals surface area contributed by atoms with E-state index in [1.54, 1.807) is 16.9 Å². The summed E-state index contributed by atoms with van der Waals surface area (Å²) in [5.41, 5.74) is 3.93. The molecule has 1 unspecified atom stereocenters. The summed E-state index contributed by atoms with van der Waals surface area (Å²) >= 11 is 0. The number of aryl methyl sites for hydroxylation is 3. The molecule has 1 atom stereocenters. The summed E-state index contributed by atoms with van der Waals surface area (Å²) in [6.45, 7) is 8.39. The van der Waals surface area contributed by atoms with Gasteiger partial charge in [0.15, 0.2) is 0 Å². The van der Waals surface area contributed by atoms with E-state index in [0.29, 0.717) is 11.6 Å². The van der Waals surface area contributed by atoms with E-state index >= 15 is 0 Å². The van der Waals surface area contributed by atoms with Crippen molar-refractivity contribution in [1.29, 1.82) is 0 Å². The van der Waals surface area contributed by atoms with E-state index in [0.717, 1.165) is 34.9 Å². The van der Waals surface area contributed by atoms with Gasteiger partial charge in [0.1, 0.15) is 6.61 Å². The highest BCUT2D eigenvalue weighted by atomic mass is 32.2. The molecular formula is C29H34N6O5S. The third kappa shape index (κ3) is 7.60. The molecule has 0 bridgehead atoms. The average Bonchev–Trinajstić information content (AvgIpc) is 3.31. The number of ether oxygens (including phenoxy) is 1. The van der Waals surface area contributed by atoms with Crippen LogP contribution in [0.3, 0.4) is 0 Å². The molecule has 0 aliphatic rings. The zero-order valence-electron chi connectivity index (χ0n) is 23.6. The molecule has 2 aromatic carbocycles. The summed E-state index contributed by atoms with van der Waals surface area (Å²) in [5.74, 6) is -0.855. The van der Waals surface area contributed by atoms with Crippen LogP contribution < -0.4 is 14.8 Å². The van der Waals surface area contributed by atoms with Crippen LogP contribution in [-0.2, 0) is 17.1 Å². The van der Waals surface area contributed by atoms with E-state index in [9.17, 15) is 18.3 Å². The van der Waals surface area contributed by atoms with Gasteiger partial charge in [0.05, 0.1) is 34.1 Å². The van der Waals surface area contributed by atoms with Crippen molar-refractivity contribution in [3.63, 3.8) is 0 Å². The second-order valence-corrected chi connectivity index (χ2v) is 12.0. The van der Waals surface area contributed by atoms with E-state index < -0.39 is 16.0 Å². The molecule has 11 nitrogen and oxygen atoms in total. The average molecular weight is 579 g/mol. The maximum atomic E-state index is 13.2. The highest BCUT2D eigenvalue weighted by Crippen LogP contribution is 2.29. The Balaban J connectivity index is 1.68. The Morgan fingerprint density at radius 2 is 1.78 bits per heavy atom. The van der Waals surface area contributed by atoms with Gasteiger partial charge in [0.2, 0.25) is 11.8 Å². The predicted molar refractivity (Wildman–Crippen MR) is 157 cm³/mol. The maximum absolute atomic E-state index is 13.2. The predicted octanol–water partition coefficient (Wildman–Crippen LogP) is 4.90. The van der Waals surface area contributed by atoms with Gasteiger partial charge in [0.25, 0.3) is 10.0 Å². The first kappa shape index (κ1) is 29.5. The van der Waals surface area contributed by atoms with Crippen LogP contribution in [0.4, 0.5) is 11.6 Å². The SMILES string of the molecule is Cc1cccc(C)c1-c1cc(OCC(CC(C)C)Nc2cnn(C)c2)nc(NS(=O)(=O)c2cccc(C(=O)O)c2)n1. The highest BCUT2D eigenvalue weighted by Gasteiger charge is 2.21. The van der Waals surface area contributed by atoms with Crippen molar-refractivity contribution in [2.75, 3.05) is 16.6 Å². The van der Waals surface area contributed by atoms with Crippen LogP contribution in [0.1, 0.15) is 41.8 Å².